The van der Waals surface area contributed by atoms with Crippen LogP contribution in [0.15, 0.2) is 18.2 Å². The summed E-state index contributed by atoms with van der Waals surface area (Å²) in [5.74, 6) is 0.443. The summed E-state index contributed by atoms with van der Waals surface area (Å²) in [7, 11) is 0. The van der Waals surface area contributed by atoms with Crippen LogP contribution >= 0.6 is 0 Å². The van der Waals surface area contributed by atoms with E-state index in [1.807, 2.05) is 25.1 Å². The Morgan fingerprint density at radius 2 is 2.05 bits per heavy atom. The summed E-state index contributed by atoms with van der Waals surface area (Å²) < 4.78 is 10.5. The van der Waals surface area contributed by atoms with Gasteiger partial charge in [-0.25, -0.2) is 0 Å². The molecule has 1 aliphatic rings. The van der Waals surface area contributed by atoms with Gasteiger partial charge in [-0.2, -0.15) is 0 Å². The molecule has 2 unspecified atom stereocenters. The van der Waals surface area contributed by atoms with E-state index in [4.69, 9.17) is 20.9 Å². The zero-order valence-corrected chi connectivity index (χ0v) is 11.8. The lowest BCUT2D eigenvalue weighted by atomic mass is 10.1. The first-order chi connectivity index (χ1) is 9.95. The highest BCUT2D eigenvalue weighted by Crippen LogP contribution is 2.32. The van der Waals surface area contributed by atoms with Crippen LogP contribution in [-0.2, 0) is 16.0 Å². The molecule has 0 fully saturated rings. The van der Waals surface area contributed by atoms with Crippen LogP contribution in [0, 0.1) is 0 Å². The van der Waals surface area contributed by atoms with Gasteiger partial charge in [0.25, 0.3) is 0 Å². The predicted molar refractivity (Wildman–Crippen MR) is 75.7 cm³/mol. The fourth-order valence-electron chi connectivity index (χ4n) is 2.13. The largest absolute Gasteiger partial charge is 0.454 e. The molecule has 0 aliphatic carbocycles. The second-order valence-electron chi connectivity index (χ2n) is 5.08. The Bertz CT molecular complexity index is 547. The highest BCUT2D eigenvalue weighted by molar-refractivity contribution is 5.87. The maximum atomic E-state index is 11.8. The van der Waals surface area contributed by atoms with E-state index in [0.29, 0.717) is 12.2 Å². The summed E-state index contributed by atoms with van der Waals surface area (Å²) in [6.07, 6.45) is 0.453. The third-order valence-electron chi connectivity index (χ3n) is 3.13. The van der Waals surface area contributed by atoms with Crippen LogP contribution in [0.25, 0.3) is 0 Å². The number of primary amides is 1. The van der Waals surface area contributed by atoms with E-state index >= 15 is 0 Å². The van der Waals surface area contributed by atoms with Gasteiger partial charge in [0.1, 0.15) is 0 Å². The molecular formula is C14H19N3O4. The zero-order chi connectivity index (χ0) is 15.4. The normalized spacial score (nSPS) is 15.3. The minimum absolute atomic E-state index is 0.128. The second-order valence-corrected chi connectivity index (χ2v) is 5.08. The number of benzene rings is 1. The van der Waals surface area contributed by atoms with Crippen molar-refractivity contribution in [2.45, 2.75) is 31.8 Å². The van der Waals surface area contributed by atoms with Gasteiger partial charge in [-0.3, -0.25) is 9.59 Å². The first-order valence-electron chi connectivity index (χ1n) is 6.68. The molecule has 0 spiro atoms. The van der Waals surface area contributed by atoms with Crippen LogP contribution in [-0.4, -0.2) is 30.7 Å². The van der Waals surface area contributed by atoms with Crippen molar-refractivity contribution >= 4 is 11.8 Å². The monoisotopic (exact) mass is 293 g/mol. The number of nitrogens with two attached hydrogens (primary N) is 2. The molecule has 0 bridgehead atoms. The van der Waals surface area contributed by atoms with Crippen molar-refractivity contribution in [2.24, 2.45) is 11.5 Å². The lowest BCUT2D eigenvalue weighted by Crippen LogP contribution is -2.46. The Morgan fingerprint density at radius 3 is 2.76 bits per heavy atom. The highest BCUT2D eigenvalue weighted by Gasteiger charge is 2.19. The van der Waals surface area contributed by atoms with Gasteiger partial charge in [0, 0.05) is 6.04 Å². The molecule has 0 saturated carbocycles. The molecule has 2 amide bonds. The van der Waals surface area contributed by atoms with Crippen LogP contribution in [0.1, 0.15) is 18.9 Å². The summed E-state index contributed by atoms with van der Waals surface area (Å²) in [6.45, 7) is 2.09. The smallest absolute Gasteiger partial charge is 0.237 e. The molecule has 7 nitrogen and oxygen atoms in total. The van der Waals surface area contributed by atoms with Crippen LogP contribution in [0.5, 0.6) is 11.5 Å². The fraction of sp³-hybridized carbons (Fsp3) is 0.429. The number of ether oxygens (including phenoxy) is 2. The maximum Gasteiger partial charge on any atom is 0.237 e. The third-order valence-corrected chi connectivity index (χ3v) is 3.13. The van der Waals surface area contributed by atoms with E-state index in [-0.39, 0.29) is 25.2 Å². The van der Waals surface area contributed by atoms with Crippen molar-refractivity contribution in [1.29, 1.82) is 0 Å². The maximum absolute atomic E-state index is 11.8. The Hall–Kier alpha value is -2.28. The van der Waals surface area contributed by atoms with Crippen LogP contribution < -0.4 is 26.3 Å². The summed E-state index contributed by atoms with van der Waals surface area (Å²) >= 11 is 0. The summed E-state index contributed by atoms with van der Waals surface area (Å²) in [5, 5.41) is 2.76. The molecule has 1 aliphatic heterocycles. The fourth-order valence-corrected chi connectivity index (χ4v) is 2.13. The van der Waals surface area contributed by atoms with Crippen LogP contribution in [0.4, 0.5) is 0 Å². The van der Waals surface area contributed by atoms with Gasteiger partial charge in [0.15, 0.2) is 11.5 Å². The quantitative estimate of drug-likeness (QED) is 0.663. The van der Waals surface area contributed by atoms with Crippen molar-refractivity contribution < 1.29 is 19.1 Å². The minimum atomic E-state index is -0.915. The molecular weight excluding hydrogens is 274 g/mol. The number of fused-ring (bicyclic) bond motifs is 1. The molecule has 0 aromatic heterocycles. The molecule has 5 N–H and O–H groups in total. The van der Waals surface area contributed by atoms with Crippen LogP contribution in [0.2, 0.25) is 0 Å². The Balaban J connectivity index is 1.88. The Labute approximate surface area is 122 Å². The number of hydrogen-bond acceptors (Lipinski definition) is 5. The Morgan fingerprint density at radius 1 is 1.33 bits per heavy atom. The van der Waals surface area contributed by atoms with Gasteiger partial charge >= 0.3 is 0 Å². The number of hydrogen-bond donors (Lipinski definition) is 3. The number of amides is 2. The van der Waals surface area contributed by atoms with E-state index in [1.165, 1.54) is 0 Å². The standard InChI is InChI=1S/C14H19N3O4/c1-8(17-14(19)10(15)6-13(16)18)4-9-2-3-11-12(5-9)21-7-20-11/h2-3,5,8,10H,4,6-7,15H2,1H3,(H2,16,18)(H,17,19). The lowest BCUT2D eigenvalue weighted by molar-refractivity contribution is -0.126. The van der Waals surface area contributed by atoms with Gasteiger partial charge in [0.05, 0.1) is 12.5 Å². The van der Waals surface area contributed by atoms with Gasteiger partial charge in [-0.15, -0.1) is 0 Å². The van der Waals surface area contributed by atoms with E-state index in [0.717, 1.165) is 11.3 Å². The summed E-state index contributed by atoms with van der Waals surface area (Å²) in [4.78, 5) is 22.5. The molecule has 0 radical (unpaired) electrons. The summed E-state index contributed by atoms with van der Waals surface area (Å²) in [6, 6.07) is 4.59. The second kappa shape index (κ2) is 6.45. The van der Waals surface area contributed by atoms with Crippen molar-refractivity contribution in [3.8, 4) is 11.5 Å². The molecule has 21 heavy (non-hydrogen) atoms. The van der Waals surface area contributed by atoms with E-state index in [1.54, 1.807) is 0 Å². The van der Waals surface area contributed by atoms with Gasteiger partial charge < -0.3 is 26.3 Å². The predicted octanol–water partition coefficient (Wildman–Crippen LogP) is -0.335. The van der Waals surface area contributed by atoms with Gasteiger partial charge in [0.2, 0.25) is 18.6 Å². The molecule has 2 atom stereocenters. The van der Waals surface area contributed by atoms with Crippen LogP contribution in [0.3, 0.4) is 0 Å². The summed E-state index contributed by atoms with van der Waals surface area (Å²) in [5.41, 5.74) is 11.6. The Kier molecular flexibility index (Phi) is 4.64. The average molecular weight is 293 g/mol. The number of nitrogens with one attached hydrogen (secondary N) is 1. The SMILES string of the molecule is CC(Cc1ccc2c(c1)OCO2)NC(=O)C(N)CC(N)=O. The highest BCUT2D eigenvalue weighted by atomic mass is 16.7. The molecule has 2 rings (SSSR count). The zero-order valence-electron chi connectivity index (χ0n) is 11.8. The number of rotatable bonds is 6. The van der Waals surface area contributed by atoms with E-state index in [2.05, 4.69) is 5.32 Å². The number of carbonyl (C=O) groups is 2. The van der Waals surface area contributed by atoms with Crippen molar-refractivity contribution in [3.63, 3.8) is 0 Å². The molecule has 1 aromatic carbocycles. The topological polar surface area (TPSA) is 117 Å². The van der Waals surface area contributed by atoms with E-state index < -0.39 is 11.9 Å². The van der Waals surface area contributed by atoms with Gasteiger partial charge in [-0.05, 0) is 31.0 Å². The molecule has 0 saturated heterocycles. The van der Waals surface area contributed by atoms with Crippen molar-refractivity contribution in [3.05, 3.63) is 23.8 Å². The van der Waals surface area contributed by atoms with Gasteiger partial charge in [-0.1, -0.05) is 6.07 Å². The average Bonchev–Trinajstić information content (AvgIpc) is 2.84. The first kappa shape index (κ1) is 15.1. The number of carbonyl (C=O) groups excluding carboxylic acids is 2. The molecule has 1 aromatic rings. The molecule has 1 heterocycles. The lowest BCUT2D eigenvalue weighted by Gasteiger charge is -2.17. The molecule has 114 valence electrons. The van der Waals surface area contributed by atoms with Crippen molar-refractivity contribution in [2.75, 3.05) is 6.79 Å². The van der Waals surface area contributed by atoms with E-state index in [9.17, 15) is 9.59 Å². The van der Waals surface area contributed by atoms with Crippen molar-refractivity contribution in [1.82, 2.24) is 5.32 Å². The minimum Gasteiger partial charge on any atom is -0.454 e. The first-order valence-corrected chi connectivity index (χ1v) is 6.68. The third kappa shape index (κ3) is 4.09. The molecule has 7 heteroatoms.